The number of carboxylic acid groups (broad SMARTS) is 1. The Morgan fingerprint density at radius 2 is 1.84 bits per heavy atom. The molecule has 2 amide bonds. The van der Waals surface area contributed by atoms with Gasteiger partial charge in [0.25, 0.3) is 5.91 Å². The van der Waals surface area contributed by atoms with Gasteiger partial charge in [0.05, 0.1) is 24.1 Å². The van der Waals surface area contributed by atoms with Crippen molar-refractivity contribution in [2.24, 2.45) is 0 Å². The second kappa shape index (κ2) is 10.1. The molecule has 2 aliphatic rings. The monoisotopic (exact) mass is 531 g/mol. The number of amides is 2. The first kappa shape index (κ1) is 26.6. The number of fused-ring (bicyclic) bond motifs is 4. The van der Waals surface area contributed by atoms with E-state index in [4.69, 9.17) is 9.90 Å². The van der Waals surface area contributed by atoms with Gasteiger partial charge in [-0.05, 0) is 30.7 Å². The number of anilines is 1. The number of halogens is 3. The molecule has 11 nitrogen and oxygen atoms in total. The van der Waals surface area contributed by atoms with Crippen molar-refractivity contribution in [3.63, 3.8) is 0 Å². The van der Waals surface area contributed by atoms with E-state index in [1.54, 1.807) is 36.3 Å². The highest BCUT2D eigenvalue weighted by Gasteiger charge is 2.51. The fraction of sp³-hybridized carbons (Fsp3) is 0.333. The number of hydrogen-bond donors (Lipinski definition) is 1. The van der Waals surface area contributed by atoms with Crippen molar-refractivity contribution in [2.75, 3.05) is 38.6 Å². The second-order valence-corrected chi connectivity index (χ2v) is 8.89. The summed E-state index contributed by atoms with van der Waals surface area (Å²) in [6.45, 7) is 1.20. The molecule has 0 aromatic carbocycles. The number of rotatable bonds is 3. The Balaban J connectivity index is 0.000000426. The lowest BCUT2D eigenvalue weighted by molar-refractivity contribution is -0.192. The molecule has 1 saturated heterocycles. The summed E-state index contributed by atoms with van der Waals surface area (Å²) in [5.41, 5.74) is 1.70. The van der Waals surface area contributed by atoms with E-state index in [0.717, 1.165) is 17.2 Å². The lowest BCUT2D eigenvalue weighted by atomic mass is 9.88. The molecule has 0 radical (unpaired) electrons. The summed E-state index contributed by atoms with van der Waals surface area (Å²) in [4.78, 5) is 53.1. The van der Waals surface area contributed by atoms with Crippen LogP contribution in [0.15, 0.2) is 55.2 Å². The van der Waals surface area contributed by atoms with Crippen LogP contribution >= 0.6 is 0 Å². The first-order chi connectivity index (χ1) is 18.0. The Kier molecular flexibility index (Phi) is 7.07. The summed E-state index contributed by atoms with van der Waals surface area (Å²) < 4.78 is 33.8. The van der Waals surface area contributed by atoms with E-state index in [1.807, 2.05) is 24.4 Å². The third-order valence-electron chi connectivity index (χ3n) is 6.38. The molecule has 2 aliphatic heterocycles. The predicted octanol–water partition coefficient (Wildman–Crippen LogP) is 1.95. The van der Waals surface area contributed by atoms with E-state index in [0.29, 0.717) is 25.2 Å². The molecular weight excluding hydrogens is 507 g/mol. The quantitative estimate of drug-likeness (QED) is 0.544. The molecule has 3 aromatic heterocycles. The average Bonchev–Trinajstić information content (AvgIpc) is 3.55. The van der Waals surface area contributed by atoms with Crippen LogP contribution in [0.3, 0.4) is 0 Å². The number of carbonyl (C=O) groups is 3. The SMILES string of the molecule is CN(C)C(=O)CN1c2cccnc2-n2cccc2C12CCN(C(=O)c1cnccn1)C2.O=C(O)C(F)(F)F. The van der Waals surface area contributed by atoms with Crippen molar-refractivity contribution < 1.29 is 32.7 Å². The van der Waals surface area contributed by atoms with Crippen LogP contribution in [0.4, 0.5) is 18.9 Å². The van der Waals surface area contributed by atoms with Crippen molar-refractivity contribution in [1.29, 1.82) is 0 Å². The van der Waals surface area contributed by atoms with Gasteiger partial charge in [0, 0.05) is 52.0 Å². The molecule has 5 rings (SSSR count). The Morgan fingerprint density at radius 1 is 1.11 bits per heavy atom. The van der Waals surface area contributed by atoms with Crippen LogP contribution in [-0.2, 0) is 15.1 Å². The van der Waals surface area contributed by atoms with Gasteiger partial charge in [-0.25, -0.2) is 14.8 Å². The summed E-state index contributed by atoms with van der Waals surface area (Å²) in [6, 6.07) is 7.91. The van der Waals surface area contributed by atoms with Crippen molar-refractivity contribution in [2.45, 2.75) is 18.1 Å². The molecule has 0 bridgehead atoms. The molecule has 0 saturated carbocycles. The highest BCUT2D eigenvalue weighted by molar-refractivity contribution is 5.92. The minimum absolute atomic E-state index is 0.00659. The summed E-state index contributed by atoms with van der Waals surface area (Å²) >= 11 is 0. The maximum absolute atomic E-state index is 13.1. The number of likely N-dealkylation sites (tertiary alicyclic amines) is 1. The maximum atomic E-state index is 13.1. The number of hydrogen-bond acceptors (Lipinski definition) is 7. The van der Waals surface area contributed by atoms with Gasteiger partial charge >= 0.3 is 12.1 Å². The lowest BCUT2D eigenvalue weighted by Crippen LogP contribution is -2.55. The minimum Gasteiger partial charge on any atom is -0.475 e. The van der Waals surface area contributed by atoms with E-state index in [9.17, 15) is 22.8 Å². The summed E-state index contributed by atoms with van der Waals surface area (Å²) in [7, 11) is 3.51. The standard InChI is InChI=1S/C22H23N7O2.C2HF3O2/c1-26(2)19(30)14-29-17-5-3-8-25-20(17)28-11-4-6-18(28)22(29)7-12-27(15-22)21(31)16-13-23-9-10-24-16;3-2(4,5)1(6)7/h3-6,8-11,13H,7,12,14-15H2,1-2H3;(H,6,7). The molecule has 1 N–H and O–H groups in total. The largest absolute Gasteiger partial charge is 0.490 e. The van der Waals surface area contributed by atoms with Crippen LogP contribution in [0.1, 0.15) is 22.6 Å². The van der Waals surface area contributed by atoms with E-state index < -0.39 is 17.7 Å². The molecule has 1 fully saturated rings. The number of aliphatic carboxylic acids is 1. The van der Waals surface area contributed by atoms with E-state index >= 15 is 0 Å². The van der Waals surface area contributed by atoms with E-state index in [2.05, 4.69) is 30.5 Å². The van der Waals surface area contributed by atoms with Gasteiger partial charge in [0.1, 0.15) is 11.2 Å². The Morgan fingerprint density at radius 3 is 2.47 bits per heavy atom. The summed E-state index contributed by atoms with van der Waals surface area (Å²) in [5, 5.41) is 7.12. The lowest BCUT2D eigenvalue weighted by Gasteiger charge is -2.46. The molecule has 3 aromatic rings. The van der Waals surface area contributed by atoms with Crippen LogP contribution in [-0.4, -0.2) is 92.1 Å². The zero-order valence-electron chi connectivity index (χ0n) is 20.5. The van der Waals surface area contributed by atoms with Gasteiger partial charge in [-0.3, -0.25) is 14.6 Å². The summed E-state index contributed by atoms with van der Waals surface area (Å²) in [6.07, 6.45) is 3.91. The van der Waals surface area contributed by atoms with Gasteiger partial charge in [-0.15, -0.1) is 0 Å². The van der Waals surface area contributed by atoms with Gasteiger partial charge in [-0.2, -0.15) is 13.2 Å². The van der Waals surface area contributed by atoms with E-state index in [-0.39, 0.29) is 18.4 Å². The number of pyridine rings is 1. The highest BCUT2D eigenvalue weighted by atomic mass is 19.4. The van der Waals surface area contributed by atoms with Crippen molar-refractivity contribution in [3.05, 3.63) is 66.6 Å². The smallest absolute Gasteiger partial charge is 0.475 e. The van der Waals surface area contributed by atoms with Crippen LogP contribution in [0.5, 0.6) is 0 Å². The zero-order valence-corrected chi connectivity index (χ0v) is 20.5. The molecule has 200 valence electrons. The topological polar surface area (TPSA) is 125 Å². The molecule has 14 heteroatoms. The molecule has 0 aliphatic carbocycles. The Hall–Kier alpha value is -4.49. The molecule has 1 spiro atoms. The third kappa shape index (κ3) is 4.88. The first-order valence-electron chi connectivity index (χ1n) is 11.4. The second-order valence-electron chi connectivity index (χ2n) is 8.89. The highest BCUT2D eigenvalue weighted by Crippen LogP contribution is 2.47. The van der Waals surface area contributed by atoms with Crippen LogP contribution in [0, 0.1) is 0 Å². The molecule has 1 unspecified atom stereocenters. The predicted molar refractivity (Wildman–Crippen MR) is 128 cm³/mol. The van der Waals surface area contributed by atoms with Crippen molar-refractivity contribution in [3.8, 4) is 5.82 Å². The molecular formula is C24H24F3N7O4. The molecule has 5 heterocycles. The van der Waals surface area contributed by atoms with Gasteiger partial charge in [0.2, 0.25) is 5.91 Å². The Bertz CT molecular complexity index is 1350. The number of nitrogens with zero attached hydrogens (tertiary/aromatic N) is 7. The molecule has 1 atom stereocenters. The van der Waals surface area contributed by atoms with E-state index in [1.165, 1.54) is 12.4 Å². The van der Waals surface area contributed by atoms with Crippen molar-refractivity contribution in [1.82, 2.24) is 29.3 Å². The van der Waals surface area contributed by atoms with Gasteiger partial charge in [0.15, 0.2) is 5.82 Å². The number of aromatic nitrogens is 4. The number of carboxylic acids is 1. The first-order valence-corrected chi connectivity index (χ1v) is 11.4. The van der Waals surface area contributed by atoms with Crippen LogP contribution in [0.25, 0.3) is 5.82 Å². The van der Waals surface area contributed by atoms with Gasteiger partial charge < -0.3 is 24.4 Å². The fourth-order valence-corrected chi connectivity index (χ4v) is 4.58. The molecule has 38 heavy (non-hydrogen) atoms. The fourth-order valence-electron chi connectivity index (χ4n) is 4.58. The number of carbonyl (C=O) groups excluding carboxylic acids is 2. The van der Waals surface area contributed by atoms with Crippen molar-refractivity contribution >= 4 is 23.5 Å². The normalized spacial score (nSPS) is 17.8. The van der Waals surface area contributed by atoms with Crippen LogP contribution < -0.4 is 4.90 Å². The zero-order chi connectivity index (χ0) is 27.7. The third-order valence-corrected chi connectivity index (χ3v) is 6.38. The summed E-state index contributed by atoms with van der Waals surface area (Å²) in [5.74, 6) is -2.13. The van der Waals surface area contributed by atoms with Gasteiger partial charge in [-0.1, -0.05) is 0 Å². The average molecular weight is 531 g/mol. The maximum Gasteiger partial charge on any atom is 0.490 e. The Labute approximate surface area is 215 Å². The van der Waals surface area contributed by atoms with Crippen LogP contribution in [0.2, 0.25) is 0 Å². The minimum atomic E-state index is -5.08. The number of likely N-dealkylation sites (N-methyl/N-ethyl adjacent to an activating group) is 1. The number of alkyl halides is 3.